The molecule has 0 saturated heterocycles. The van der Waals surface area contributed by atoms with Crippen molar-refractivity contribution >= 4 is 27.5 Å². The molecule has 7 heteroatoms. The molecule has 0 rings (SSSR count). The summed E-state index contributed by atoms with van der Waals surface area (Å²) in [7, 11) is 0. The standard InChI is InChI=1S/C7H10BrNO5/c1-4(10)3-7(8,9(13)14)6(12)5(2)11/h6,12H,3H2,1-2H3. The number of rotatable bonds is 5. The Labute approximate surface area is 88.6 Å². The fraction of sp³-hybridized carbons (Fsp3) is 0.714. The fourth-order valence-electron chi connectivity index (χ4n) is 0.922. The monoisotopic (exact) mass is 267 g/mol. The molecule has 0 aliphatic heterocycles. The van der Waals surface area contributed by atoms with Crippen LogP contribution in [-0.4, -0.2) is 32.1 Å². The Morgan fingerprint density at radius 1 is 1.57 bits per heavy atom. The lowest BCUT2D eigenvalue weighted by molar-refractivity contribution is -0.543. The predicted molar refractivity (Wildman–Crippen MR) is 50.6 cm³/mol. The molecule has 14 heavy (non-hydrogen) atoms. The van der Waals surface area contributed by atoms with E-state index in [2.05, 4.69) is 15.9 Å². The van der Waals surface area contributed by atoms with Gasteiger partial charge < -0.3 is 5.11 Å². The number of carbonyl (C=O) groups is 2. The maximum absolute atomic E-state index is 10.8. The molecule has 0 aromatic rings. The highest BCUT2D eigenvalue weighted by atomic mass is 79.9. The third kappa shape index (κ3) is 2.85. The lowest BCUT2D eigenvalue weighted by atomic mass is 10.0. The first kappa shape index (κ1) is 13.2. The van der Waals surface area contributed by atoms with Crippen LogP contribution in [0.15, 0.2) is 0 Å². The van der Waals surface area contributed by atoms with Gasteiger partial charge in [-0.2, -0.15) is 0 Å². The summed E-state index contributed by atoms with van der Waals surface area (Å²) in [6.07, 6.45) is -2.37. The number of carbonyl (C=O) groups excluding carboxylic acids is 2. The topological polar surface area (TPSA) is 97.5 Å². The molecule has 0 saturated carbocycles. The SMILES string of the molecule is CC(=O)CC(Br)(C(O)C(C)=O)[N+](=O)[O-]. The van der Waals surface area contributed by atoms with Crippen LogP contribution >= 0.6 is 15.9 Å². The highest BCUT2D eigenvalue weighted by Gasteiger charge is 2.50. The van der Waals surface area contributed by atoms with Crippen molar-refractivity contribution in [2.75, 3.05) is 0 Å². The summed E-state index contributed by atoms with van der Waals surface area (Å²) in [6.45, 7) is 2.16. The first-order valence-corrected chi connectivity index (χ1v) is 4.52. The van der Waals surface area contributed by atoms with Gasteiger partial charge >= 0.3 is 4.45 Å². The lowest BCUT2D eigenvalue weighted by Gasteiger charge is -2.21. The van der Waals surface area contributed by atoms with Crippen LogP contribution in [0.3, 0.4) is 0 Å². The number of alkyl halides is 1. The molecule has 0 bridgehead atoms. The average Bonchev–Trinajstić information content (AvgIpc) is 2.00. The molecular weight excluding hydrogens is 258 g/mol. The van der Waals surface area contributed by atoms with Crippen molar-refractivity contribution in [2.24, 2.45) is 0 Å². The van der Waals surface area contributed by atoms with Gasteiger partial charge in [0.05, 0.1) is 6.42 Å². The molecule has 1 N–H and O–H groups in total. The summed E-state index contributed by atoms with van der Waals surface area (Å²) in [6, 6.07) is 0. The van der Waals surface area contributed by atoms with Gasteiger partial charge in [0.25, 0.3) is 0 Å². The zero-order valence-electron chi connectivity index (χ0n) is 7.69. The molecule has 0 heterocycles. The van der Waals surface area contributed by atoms with Gasteiger partial charge in [0.15, 0.2) is 11.9 Å². The first-order chi connectivity index (χ1) is 6.21. The van der Waals surface area contributed by atoms with Crippen LogP contribution in [0.1, 0.15) is 20.3 Å². The van der Waals surface area contributed by atoms with Gasteiger partial charge in [-0.05, 0) is 13.8 Å². The van der Waals surface area contributed by atoms with Crippen molar-refractivity contribution in [3.63, 3.8) is 0 Å². The normalized spacial score (nSPS) is 16.9. The minimum atomic E-state index is -2.11. The van der Waals surface area contributed by atoms with E-state index in [4.69, 9.17) is 0 Å². The van der Waals surface area contributed by atoms with E-state index >= 15 is 0 Å². The third-order valence-electron chi connectivity index (χ3n) is 1.60. The summed E-state index contributed by atoms with van der Waals surface area (Å²) < 4.78 is -2.11. The third-order valence-corrected chi connectivity index (χ3v) is 2.61. The number of halogens is 1. The number of aliphatic hydroxyl groups is 1. The van der Waals surface area contributed by atoms with Crippen LogP contribution < -0.4 is 0 Å². The minimum absolute atomic E-state index is 0.487. The van der Waals surface area contributed by atoms with Crippen LogP contribution in [0.25, 0.3) is 0 Å². The van der Waals surface area contributed by atoms with Gasteiger partial charge in [0.2, 0.25) is 0 Å². The number of hydrogen-bond acceptors (Lipinski definition) is 5. The Bertz CT molecular complexity index is 279. The molecule has 2 atom stereocenters. The smallest absolute Gasteiger partial charge is 0.313 e. The molecule has 6 nitrogen and oxygen atoms in total. The Balaban J connectivity index is 4.99. The predicted octanol–water partition coefficient (Wildman–Crippen LogP) is 0.283. The minimum Gasteiger partial charge on any atom is -0.378 e. The van der Waals surface area contributed by atoms with Crippen molar-refractivity contribution in [3.05, 3.63) is 10.1 Å². The van der Waals surface area contributed by atoms with Crippen LogP contribution in [-0.2, 0) is 9.59 Å². The Hall–Kier alpha value is -0.820. The second kappa shape index (κ2) is 4.61. The van der Waals surface area contributed by atoms with E-state index in [9.17, 15) is 24.8 Å². The molecule has 0 fully saturated rings. The molecule has 80 valence electrons. The maximum Gasteiger partial charge on any atom is 0.313 e. The van der Waals surface area contributed by atoms with Crippen LogP contribution in [0.5, 0.6) is 0 Å². The summed E-state index contributed by atoms with van der Waals surface area (Å²) in [5.41, 5.74) is 0. The molecule has 0 radical (unpaired) electrons. The number of aliphatic hydroxyl groups excluding tert-OH is 1. The number of hydrogen-bond donors (Lipinski definition) is 1. The van der Waals surface area contributed by atoms with Crippen molar-refractivity contribution in [3.8, 4) is 0 Å². The van der Waals surface area contributed by atoms with E-state index < -0.39 is 33.5 Å². The summed E-state index contributed by atoms with van der Waals surface area (Å²) in [4.78, 5) is 31.2. The quantitative estimate of drug-likeness (QED) is 0.334. The van der Waals surface area contributed by atoms with Gasteiger partial charge in [-0.3, -0.25) is 19.7 Å². The molecule has 0 aromatic carbocycles. The van der Waals surface area contributed by atoms with Crippen molar-refractivity contribution in [1.82, 2.24) is 0 Å². The number of nitro groups is 1. The first-order valence-electron chi connectivity index (χ1n) is 3.73. The summed E-state index contributed by atoms with van der Waals surface area (Å²) in [5.74, 6) is -1.25. The van der Waals surface area contributed by atoms with Gasteiger partial charge in [0, 0.05) is 20.9 Å². The Morgan fingerprint density at radius 3 is 2.21 bits per heavy atom. The fourth-order valence-corrected chi connectivity index (χ4v) is 1.64. The molecule has 2 unspecified atom stereocenters. The Kier molecular flexibility index (Phi) is 4.34. The van der Waals surface area contributed by atoms with Gasteiger partial charge in [-0.15, -0.1) is 0 Å². The van der Waals surface area contributed by atoms with E-state index in [-0.39, 0.29) is 0 Å². The highest BCUT2D eigenvalue weighted by Crippen LogP contribution is 2.28. The van der Waals surface area contributed by atoms with Crippen LogP contribution in [0.4, 0.5) is 0 Å². The van der Waals surface area contributed by atoms with E-state index in [0.29, 0.717) is 0 Å². The molecule has 0 aliphatic rings. The van der Waals surface area contributed by atoms with E-state index in [1.165, 1.54) is 0 Å². The summed E-state index contributed by atoms with van der Waals surface area (Å²) >= 11 is 2.63. The van der Waals surface area contributed by atoms with E-state index in [1.807, 2.05) is 0 Å². The number of nitrogens with zero attached hydrogens (tertiary/aromatic N) is 1. The average molecular weight is 268 g/mol. The zero-order chi connectivity index (χ0) is 11.5. The Morgan fingerprint density at radius 2 is 2.00 bits per heavy atom. The largest absolute Gasteiger partial charge is 0.378 e. The second-order valence-corrected chi connectivity index (χ2v) is 4.34. The van der Waals surface area contributed by atoms with Gasteiger partial charge in [-0.25, -0.2) is 0 Å². The number of Topliss-reactive ketones (excluding diaryl/α,β-unsaturated/α-hetero) is 2. The van der Waals surface area contributed by atoms with E-state index in [0.717, 1.165) is 13.8 Å². The molecule has 0 aliphatic carbocycles. The molecule has 0 amide bonds. The second-order valence-electron chi connectivity index (χ2n) is 2.97. The van der Waals surface area contributed by atoms with Crippen LogP contribution in [0, 0.1) is 10.1 Å². The number of ketones is 2. The van der Waals surface area contributed by atoms with Gasteiger partial charge in [-0.1, -0.05) is 0 Å². The molecule has 0 spiro atoms. The van der Waals surface area contributed by atoms with Gasteiger partial charge in [0.1, 0.15) is 5.78 Å². The summed E-state index contributed by atoms with van der Waals surface area (Å²) in [5, 5.41) is 19.9. The molecular formula is C7H10BrNO5. The van der Waals surface area contributed by atoms with E-state index in [1.54, 1.807) is 0 Å². The van der Waals surface area contributed by atoms with Crippen LogP contribution in [0.2, 0.25) is 0 Å². The van der Waals surface area contributed by atoms with Crippen molar-refractivity contribution in [1.29, 1.82) is 0 Å². The molecule has 0 aromatic heterocycles. The maximum atomic E-state index is 10.8. The lowest BCUT2D eigenvalue weighted by Crippen LogP contribution is -2.48. The van der Waals surface area contributed by atoms with Crippen molar-refractivity contribution < 1.29 is 19.6 Å². The van der Waals surface area contributed by atoms with Crippen molar-refractivity contribution in [2.45, 2.75) is 30.8 Å². The highest BCUT2D eigenvalue weighted by molar-refractivity contribution is 9.10. The zero-order valence-corrected chi connectivity index (χ0v) is 9.28.